The van der Waals surface area contributed by atoms with E-state index in [-0.39, 0.29) is 0 Å². The third-order valence-corrected chi connectivity index (χ3v) is 2.73. The summed E-state index contributed by atoms with van der Waals surface area (Å²) in [6.45, 7) is 4.41. The number of nitrogens with zero attached hydrogens (tertiary/aromatic N) is 1. The molecular weight excluding hydrogens is 194 g/mol. The monoisotopic (exact) mass is 211 g/mol. The number of aromatic nitrogens is 1. The molecular formula is C15H17N. The highest BCUT2D eigenvalue weighted by molar-refractivity contribution is 5.75. The van der Waals surface area contributed by atoms with Crippen molar-refractivity contribution in [1.29, 1.82) is 0 Å². The van der Waals surface area contributed by atoms with Crippen LogP contribution in [0.5, 0.6) is 0 Å². The normalized spacial score (nSPS) is 22.8. The van der Waals surface area contributed by atoms with Gasteiger partial charge in [0, 0.05) is 12.4 Å². The topological polar surface area (TPSA) is 12.9 Å². The predicted molar refractivity (Wildman–Crippen MR) is 68.9 cm³/mol. The van der Waals surface area contributed by atoms with Gasteiger partial charge in [0.05, 0.1) is 0 Å². The summed E-state index contributed by atoms with van der Waals surface area (Å²) in [7, 11) is 0. The Kier molecular flexibility index (Phi) is 3.35. The van der Waals surface area contributed by atoms with E-state index in [1.807, 2.05) is 18.5 Å². The molecule has 16 heavy (non-hydrogen) atoms. The number of hydrogen-bond acceptors (Lipinski definition) is 1. The second-order valence-corrected chi connectivity index (χ2v) is 4.37. The molecule has 0 aromatic carbocycles. The van der Waals surface area contributed by atoms with Gasteiger partial charge in [0.25, 0.3) is 0 Å². The van der Waals surface area contributed by atoms with Crippen molar-refractivity contribution in [3.8, 4) is 0 Å². The molecule has 1 aliphatic rings. The van der Waals surface area contributed by atoms with Gasteiger partial charge in [-0.05, 0) is 36.5 Å². The molecule has 0 N–H and O–H groups in total. The number of hydrogen-bond donors (Lipinski definition) is 0. The maximum absolute atomic E-state index is 4.16. The van der Waals surface area contributed by atoms with Crippen LogP contribution in [-0.2, 0) is 0 Å². The fourth-order valence-corrected chi connectivity index (χ4v) is 1.98. The first-order valence-corrected chi connectivity index (χ1v) is 5.73. The van der Waals surface area contributed by atoms with Crippen LogP contribution in [0.3, 0.4) is 0 Å². The Labute approximate surface area is 97.2 Å². The van der Waals surface area contributed by atoms with Gasteiger partial charge in [-0.2, -0.15) is 0 Å². The SMILES string of the molecule is CC1=CC(C)C/C=C/C(c2cccnc2)=C1. The van der Waals surface area contributed by atoms with E-state index in [0.29, 0.717) is 5.92 Å². The highest BCUT2D eigenvalue weighted by Crippen LogP contribution is 2.21. The standard InChI is InChI=1S/C15H17N/c1-12-5-3-6-14(10-13(2)9-12)15-7-4-8-16-11-15/h3-4,6-12H,5H2,1-2H3/b6-3+,13-9?,14-10?. The van der Waals surface area contributed by atoms with Gasteiger partial charge >= 0.3 is 0 Å². The fraction of sp³-hybridized carbons (Fsp3) is 0.267. The van der Waals surface area contributed by atoms with E-state index >= 15 is 0 Å². The Morgan fingerprint density at radius 1 is 1.38 bits per heavy atom. The van der Waals surface area contributed by atoms with E-state index in [4.69, 9.17) is 0 Å². The van der Waals surface area contributed by atoms with Crippen LogP contribution in [0.1, 0.15) is 25.8 Å². The molecule has 2 rings (SSSR count). The van der Waals surface area contributed by atoms with Gasteiger partial charge in [-0.1, -0.05) is 42.9 Å². The van der Waals surface area contributed by atoms with Crippen LogP contribution in [-0.4, -0.2) is 4.98 Å². The fourth-order valence-electron chi connectivity index (χ4n) is 1.98. The summed E-state index contributed by atoms with van der Waals surface area (Å²) in [6, 6.07) is 4.08. The molecule has 1 aromatic heterocycles. The summed E-state index contributed by atoms with van der Waals surface area (Å²) in [5.41, 5.74) is 3.76. The van der Waals surface area contributed by atoms with Crippen molar-refractivity contribution in [3.63, 3.8) is 0 Å². The van der Waals surface area contributed by atoms with E-state index in [1.54, 1.807) is 0 Å². The molecule has 82 valence electrons. The highest BCUT2D eigenvalue weighted by Gasteiger charge is 2.03. The number of rotatable bonds is 1. The van der Waals surface area contributed by atoms with E-state index < -0.39 is 0 Å². The van der Waals surface area contributed by atoms with Crippen LogP contribution in [0.4, 0.5) is 0 Å². The molecule has 0 aliphatic heterocycles. The number of allylic oxidation sites excluding steroid dienone is 6. The first-order valence-electron chi connectivity index (χ1n) is 5.73. The lowest BCUT2D eigenvalue weighted by atomic mass is 9.97. The number of pyridine rings is 1. The molecule has 1 heterocycles. The van der Waals surface area contributed by atoms with Crippen molar-refractivity contribution in [1.82, 2.24) is 4.98 Å². The Bertz CT molecular complexity index is 438. The predicted octanol–water partition coefficient (Wildman–Crippen LogP) is 4.01. The van der Waals surface area contributed by atoms with Crippen LogP contribution in [0.15, 0.2) is 54.4 Å². The third kappa shape index (κ3) is 2.69. The van der Waals surface area contributed by atoms with Crippen LogP contribution in [0.25, 0.3) is 5.57 Å². The zero-order chi connectivity index (χ0) is 11.4. The molecule has 0 amide bonds. The summed E-state index contributed by atoms with van der Waals surface area (Å²) in [5.74, 6) is 0.628. The minimum absolute atomic E-state index is 0.628. The minimum atomic E-state index is 0.628. The van der Waals surface area contributed by atoms with Gasteiger partial charge in [-0.25, -0.2) is 0 Å². The van der Waals surface area contributed by atoms with E-state index in [2.05, 4.69) is 49.2 Å². The average molecular weight is 211 g/mol. The molecule has 0 saturated carbocycles. The lowest BCUT2D eigenvalue weighted by Gasteiger charge is -2.09. The highest BCUT2D eigenvalue weighted by atomic mass is 14.6. The van der Waals surface area contributed by atoms with Gasteiger partial charge in [-0.15, -0.1) is 0 Å². The van der Waals surface area contributed by atoms with Crippen molar-refractivity contribution < 1.29 is 0 Å². The summed E-state index contributed by atoms with van der Waals surface area (Å²) in [6.07, 6.45) is 13.8. The van der Waals surface area contributed by atoms with Crippen molar-refractivity contribution in [2.24, 2.45) is 5.92 Å². The maximum atomic E-state index is 4.16. The van der Waals surface area contributed by atoms with Crippen molar-refractivity contribution >= 4 is 5.57 Å². The van der Waals surface area contributed by atoms with Gasteiger partial charge < -0.3 is 0 Å². The van der Waals surface area contributed by atoms with Gasteiger partial charge in [0.2, 0.25) is 0 Å². The Morgan fingerprint density at radius 3 is 3.00 bits per heavy atom. The van der Waals surface area contributed by atoms with Crippen LogP contribution < -0.4 is 0 Å². The average Bonchev–Trinajstić information content (AvgIpc) is 2.26. The summed E-state index contributed by atoms with van der Waals surface area (Å²) >= 11 is 0. The van der Waals surface area contributed by atoms with E-state index in [9.17, 15) is 0 Å². The largest absolute Gasteiger partial charge is 0.264 e. The molecule has 1 heteroatoms. The molecule has 0 fully saturated rings. The molecule has 0 saturated heterocycles. The van der Waals surface area contributed by atoms with Crippen molar-refractivity contribution in [2.75, 3.05) is 0 Å². The molecule has 0 bridgehead atoms. The molecule has 1 aromatic rings. The first-order chi connectivity index (χ1) is 7.75. The molecule has 1 atom stereocenters. The summed E-state index contributed by atoms with van der Waals surface area (Å²) in [4.78, 5) is 4.16. The lowest BCUT2D eigenvalue weighted by Crippen LogP contribution is -1.92. The smallest absolute Gasteiger partial charge is 0.0346 e. The van der Waals surface area contributed by atoms with E-state index in [0.717, 1.165) is 6.42 Å². The zero-order valence-corrected chi connectivity index (χ0v) is 9.85. The van der Waals surface area contributed by atoms with Gasteiger partial charge in [0.15, 0.2) is 0 Å². The van der Waals surface area contributed by atoms with Crippen LogP contribution in [0.2, 0.25) is 0 Å². The second kappa shape index (κ2) is 4.93. The lowest BCUT2D eigenvalue weighted by molar-refractivity contribution is 0.739. The first kappa shape index (κ1) is 10.9. The van der Waals surface area contributed by atoms with Crippen LogP contribution >= 0.6 is 0 Å². The quantitative estimate of drug-likeness (QED) is 0.684. The van der Waals surface area contributed by atoms with Crippen molar-refractivity contribution in [3.05, 3.63) is 60.0 Å². The maximum Gasteiger partial charge on any atom is 0.0346 e. The molecule has 0 spiro atoms. The summed E-state index contributed by atoms with van der Waals surface area (Å²) in [5, 5.41) is 0. The molecule has 0 radical (unpaired) electrons. The van der Waals surface area contributed by atoms with Crippen molar-refractivity contribution in [2.45, 2.75) is 20.3 Å². The minimum Gasteiger partial charge on any atom is -0.264 e. The summed E-state index contributed by atoms with van der Waals surface area (Å²) < 4.78 is 0. The second-order valence-electron chi connectivity index (χ2n) is 4.37. The Balaban J connectivity index is 2.37. The van der Waals surface area contributed by atoms with Gasteiger partial charge in [0.1, 0.15) is 0 Å². The van der Waals surface area contributed by atoms with Crippen LogP contribution in [0, 0.1) is 5.92 Å². The molecule has 1 unspecified atom stereocenters. The molecule has 1 aliphatic carbocycles. The molecule has 1 nitrogen and oxygen atoms in total. The Hall–Kier alpha value is -1.63. The Morgan fingerprint density at radius 2 is 2.25 bits per heavy atom. The third-order valence-electron chi connectivity index (χ3n) is 2.73. The zero-order valence-electron chi connectivity index (χ0n) is 9.85. The van der Waals surface area contributed by atoms with E-state index in [1.165, 1.54) is 16.7 Å². The van der Waals surface area contributed by atoms with Gasteiger partial charge in [-0.3, -0.25) is 4.98 Å².